The normalized spacial score (nSPS) is 12.0. The lowest BCUT2D eigenvalue weighted by Crippen LogP contribution is -2.31. The highest BCUT2D eigenvalue weighted by Gasteiger charge is 2.20. The topological polar surface area (TPSA) is 146 Å². The maximum atomic E-state index is 12.1. The Kier molecular flexibility index (Phi) is 6.16. The Morgan fingerprint density at radius 1 is 1.26 bits per heavy atom. The molecule has 0 saturated carbocycles. The van der Waals surface area contributed by atoms with E-state index in [9.17, 15) is 9.59 Å². The molecule has 2 amide bonds. The molecule has 1 rings (SSSR count). The number of ether oxygens (including phenoxy) is 1. The molecule has 0 aliphatic rings. The van der Waals surface area contributed by atoms with Gasteiger partial charge in [-0.2, -0.15) is 4.99 Å². The number of rotatable bonds is 1. The first-order valence-corrected chi connectivity index (χ1v) is 7.89. The number of nitrogens with one attached hydrogen (secondary N) is 1. The summed E-state index contributed by atoms with van der Waals surface area (Å²) in [6, 6.07) is 0. The Morgan fingerprint density at radius 2 is 1.87 bits per heavy atom. The molecule has 0 radical (unpaired) electrons. The zero-order valence-electron chi connectivity index (χ0n) is 13.0. The number of anilines is 2. The summed E-state index contributed by atoms with van der Waals surface area (Å²) in [5.74, 6) is -1.01. The zero-order chi connectivity index (χ0) is 17.8. The fraction of sp³-hybridized carbons (Fsp3) is 0.417. The first kappa shape index (κ1) is 19.0. The highest BCUT2D eigenvalue weighted by Crippen LogP contribution is 2.17. The van der Waals surface area contributed by atoms with E-state index in [1.165, 1.54) is 0 Å². The number of nitrogens with zero attached hydrogens (tertiary/aromatic N) is 3. The summed E-state index contributed by atoms with van der Waals surface area (Å²) in [7, 11) is 0. The van der Waals surface area contributed by atoms with Gasteiger partial charge in [-0.25, -0.2) is 14.8 Å². The minimum Gasteiger partial charge on any atom is -0.442 e. The van der Waals surface area contributed by atoms with Crippen LogP contribution < -0.4 is 16.8 Å². The molecule has 0 fully saturated rings. The number of aromatic nitrogens is 2. The van der Waals surface area contributed by atoms with Gasteiger partial charge in [-0.05, 0) is 27.0 Å². The van der Waals surface area contributed by atoms with Crippen molar-refractivity contribution in [2.24, 2.45) is 4.99 Å². The van der Waals surface area contributed by atoms with E-state index in [0.29, 0.717) is 0 Å². The van der Waals surface area contributed by atoms with Crippen LogP contribution in [-0.2, 0) is 4.74 Å². The van der Waals surface area contributed by atoms with Gasteiger partial charge in [0.05, 0.1) is 0 Å². The van der Waals surface area contributed by atoms with Gasteiger partial charge >= 0.3 is 6.09 Å². The molecule has 0 unspecified atom stereocenters. The number of aliphatic imine (C=N–C) groups is 1. The maximum absolute atomic E-state index is 12.1. The minimum atomic E-state index is -0.837. The van der Waals surface area contributed by atoms with Gasteiger partial charge in [-0.1, -0.05) is 23.4 Å². The van der Waals surface area contributed by atoms with E-state index in [1.54, 1.807) is 27.0 Å². The Labute approximate surface area is 142 Å². The Morgan fingerprint density at radius 3 is 2.39 bits per heavy atom. The lowest BCUT2D eigenvalue weighted by Gasteiger charge is -2.17. The SMILES string of the molecule is CS/C(=N\C(=O)OC(C)(C)C)NC(=O)c1nc(Cl)c(N)nc1N. The largest absolute Gasteiger partial charge is 0.442 e. The molecular formula is C12H17ClN6O3S. The van der Waals surface area contributed by atoms with Crippen LogP contribution in [-0.4, -0.2) is 39.0 Å². The van der Waals surface area contributed by atoms with E-state index in [4.69, 9.17) is 27.8 Å². The second kappa shape index (κ2) is 7.47. The Balaban J connectivity index is 2.93. The van der Waals surface area contributed by atoms with Crippen LogP contribution in [0, 0.1) is 0 Å². The fourth-order valence-electron chi connectivity index (χ4n) is 1.26. The molecule has 1 aromatic rings. The molecule has 0 saturated heterocycles. The minimum absolute atomic E-state index is 0.0124. The number of hydrogen-bond acceptors (Lipinski definition) is 8. The van der Waals surface area contributed by atoms with Crippen molar-refractivity contribution in [1.82, 2.24) is 15.3 Å². The first-order chi connectivity index (χ1) is 10.5. The van der Waals surface area contributed by atoms with Gasteiger partial charge in [0.25, 0.3) is 5.91 Å². The predicted octanol–water partition coefficient (Wildman–Crippen LogP) is 1.68. The molecule has 11 heteroatoms. The summed E-state index contributed by atoms with van der Waals surface area (Å²) >= 11 is 6.74. The standard InChI is InChI=1S/C12H17ClN6O3S/c1-12(2,3)22-11(21)19-10(23-4)18-9(20)5-7(14)17-8(15)6(13)16-5/h1-4H3,(H4,14,15,17)(H,18,19,20,21). The van der Waals surface area contributed by atoms with Crippen LogP contribution >= 0.6 is 23.4 Å². The van der Waals surface area contributed by atoms with Gasteiger partial charge in [-0.15, -0.1) is 0 Å². The van der Waals surface area contributed by atoms with Crippen LogP contribution in [0.25, 0.3) is 0 Å². The average molecular weight is 361 g/mol. The van der Waals surface area contributed by atoms with E-state index in [2.05, 4.69) is 20.3 Å². The van der Waals surface area contributed by atoms with Gasteiger partial charge in [0, 0.05) is 0 Å². The highest BCUT2D eigenvalue weighted by molar-refractivity contribution is 8.13. The number of nitrogens with two attached hydrogens (primary N) is 2. The molecule has 126 valence electrons. The van der Waals surface area contributed by atoms with Crippen molar-refractivity contribution < 1.29 is 14.3 Å². The van der Waals surface area contributed by atoms with E-state index in [0.717, 1.165) is 11.8 Å². The van der Waals surface area contributed by atoms with Crippen LogP contribution in [0.2, 0.25) is 5.15 Å². The summed E-state index contributed by atoms with van der Waals surface area (Å²) in [5, 5.41) is 2.24. The third-order valence-electron chi connectivity index (χ3n) is 2.12. The van der Waals surface area contributed by atoms with Crippen molar-refractivity contribution in [3.05, 3.63) is 10.8 Å². The number of amidine groups is 1. The number of amides is 2. The number of carbonyl (C=O) groups is 2. The molecule has 0 aliphatic carbocycles. The van der Waals surface area contributed by atoms with Crippen LogP contribution in [0.4, 0.5) is 16.4 Å². The molecule has 5 N–H and O–H groups in total. The highest BCUT2D eigenvalue weighted by atomic mass is 35.5. The van der Waals surface area contributed by atoms with Crippen molar-refractivity contribution in [2.75, 3.05) is 17.7 Å². The Hall–Kier alpha value is -2.07. The summed E-state index contributed by atoms with van der Waals surface area (Å²) in [6.45, 7) is 5.10. The molecule has 1 aromatic heterocycles. The number of nitrogen functional groups attached to an aromatic ring is 2. The molecular weight excluding hydrogens is 344 g/mol. The molecule has 0 atom stereocenters. The number of carbonyl (C=O) groups excluding carboxylic acids is 2. The summed E-state index contributed by atoms with van der Waals surface area (Å²) in [6.07, 6.45) is 0.783. The lowest BCUT2D eigenvalue weighted by molar-refractivity contribution is 0.0604. The maximum Gasteiger partial charge on any atom is 0.436 e. The summed E-state index contributed by atoms with van der Waals surface area (Å²) in [5.41, 5.74) is 10.1. The molecule has 23 heavy (non-hydrogen) atoms. The van der Waals surface area contributed by atoms with Gasteiger partial charge in [0.1, 0.15) is 5.60 Å². The van der Waals surface area contributed by atoms with Gasteiger partial charge in [0.15, 0.2) is 27.7 Å². The van der Waals surface area contributed by atoms with E-state index in [-0.39, 0.29) is 27.7 Å². The van der Waals surface area contributed by atoms with E-state index < -0.39 is 17.6 Å². The van der Waals surface area contributed by atoms with Crippen molar-refractivity contribution in [2.45, 2.75) is 26.4 Å². The van der Waals surface area contributed by atoms with Gasteiger partial charge in [-0.3, -0.25) is 10.1 Å². The third-order valence-corrected chi connectivity index (χ3v) is 2.98. The molecule has 0 aromatic carbocycles. The zero-order valence-corrected chi connectivity index (χ0v) is 14.6. The number of halogens is 1. The van der Waals surface area contributed by atoms with Crippen molar-refractivity contribution in [3.8, 4) is 0 Å². The molecule has 0 spiro atoms. The van der Waals surface area contributed by atoms with Gasteiger partial charge < -0.3 is 16.2 Å². The van der Waals surface area contributed by atoms with Crippen LogP contribution in [0.15, 0.2) is 4.99 Å². The van der Waals surface area contributed by atoms with Crippen molar-refractivity contribution in [1.29, 1.82) is 0 Å². The summed E-state index contributed by atoms with van der Waals surface area (Å²) < 4.78 is 5.03. The number of hydrogen-bond donors (Lipinski definition) is 3. The third kappa shape index (κ3) is 5.91. The molecule has 1 heterocycles. The first-order valence-electron chi connectivity index (χ1n) is 6.29. The molecule has 0 aliphatic heterocycles. The summed E-state index contributed by atoms with van der Waals surface area (Å²) in [4.78, 5) is 34.9. The number of thioether (sulfide) groups is 1. The van der Waals surface area contributed by atoms with Crippen molar-refractivity contribution >= 4 is 52.2 Å². The Bertz CT molecular complexity index is 659. The van der Waals surface area contributed by atoms with Crippen molar-refractivity contribution in [3.63, 3.8) is 0 Å². The van der Waals surface area contributed by atoms with Crippen LogP contribution in [0.1, 0.15) is 31.3 Å². The van der Waals surface area contributed by atoms with Crippen LogP contribution in [0.3, 0.4) is 0 Å². The van der Waals surface area contributed by atoms with E-state index >= 15 is 0 Å². The fourth-order valence-corrected chi connectivity index (χ4v) is 1.74. The van der Waals surface area contributed by atoms with Gasteiger partial charge in [0.2, 0.25) is 0 Å². The average Bonchev–Trinajstić information content (AvgIpc) is 2.39. The lowest BCUT2D eigenvalue weighted by atomic mass is 10.2. The van der Waals surface area contributed by atoms with E-state index in [1.807, 2.05) is 0 Å². The smallest absolute Gasteiger partial charge is 0.436 e. The predicted molar refractivity (Wildman–Crippen MR) is 90.5 cm³/mol. The molecule has 9 nitrogen and oxygen atoms in total. The van der Waals surface area contributed by atoms with Crippen LogP contribution in [0.5, 0.6) is 0 Å². The quantitative estimate of drug-likeness (QED) is 0.506. The molecule has 0 bridgehead atoms. The second-order valence-electron chi connectivity index (χ2n) is 5.19. The second-order valence-corrected chi connectivity index (χ2v) is 6.34. The monoisotopic (exact) mass is 360 g/mol.